The van der Waals surface area contributed by atoms with Crippen molar-refractivity contribution in [1.29, 1.82) is 0 Å². The van der Waals surface area contributed by atoms with Crippen LogP contribution in [0.3, 0.4) is 0 Å². The highest BCUT2D eigenvalue weighted by atomic mass is 16.5. The lowest BCUT2D eigenvalue weighted by atomic mass is 9.85. The van der Waals surface area contributed by atoms with Gasteiger partial charge in [-0.05, 0) is 67.6 Å². The molecule has 2 aromatic carbocycles. The summed E-state index contributed by atoms with van der Waals surface area (Å²) < 4.78 is 6.24. The van der Waals surface area contributed by atoms with Crippen LogP contribution in [0.25, 0.3) is 33.6 Å². The molecule has 3 heterocycles. The number of aromatic nitrogens is 4. The lowest BCUT2D eigenvalue weighted by Crippen LogP contribution is -2.10. The van der Waals surface area contributed by atoms with Crippen molar-refractivity contribution in [2.24, 2.45) is 0 Å². The summed E-state index contributed by atoms with van der Waals surface area (Å²) in [4.78, 5) is 16.4. The number of hydrogen-bond donors (Lipinski definition) is 2. The minimum atomic E-state index is 0.569. The van der Waals surface area contributed by atoms with Crippen molar-refractivity contribution in [2.45, 2.75) is 46.1 Å². The molecule has 2 aromatic heterocycles. The summed E-state index contributed by atoms with van der Waals surface area (Å²) in [5.41, 5.74) is 10.7. The van der Waals surface area contributed by atoms with Crippen LogP contribution in [0.15, 0.2) is 60.8 Å². The monoisotopic (exact) mass is 448 g/mol. The number of allylic oxidation sites excluding steroid dienone is 4. The van der Waals surface area contributed by atoms with Crippen LogP contribution in [0.4, 0.5) is 0 Å². The molecule has 0 saturated heterocycles. The Morgan fingerprint density at radius 2 is 1.71 bits per heavy atom. The van der Waals surface area contributed by atoms with E-state index < -0.39 is 0 Å². The van der Waals surface area contributed by atoms with Crippen molar-refractivity contribution < 1.29 is 4.74 Å². The fourth-order valence-corrected chi connectivity index (χ4v) is 4.97. The van der Waals surface area contributed by atoms with Crippen LogP contribution in [0.2, 0.25) is 0 Å². The molecular formula is C29H28N4O. The molecule has 0 saturated carbocycles. The highest BCUT2D eigenvalue weighted by Gasteiger charge is 2.25. The number of rotatable bonds is 5. The lowest BCUT2D eigenvalue weighted by molar-refractivity contribution is 0.302. The SMILES string of the molecule is CC=CCc1ncc(-c2ccc3c(c2)OCc2cc4c(cc2-3)CCc2[nH]c(CC=CC)nc2-4)[nH]1. The van der Waals surface area contributed by atoms with Gasteiger partial charge in [0.2, 0.25) is 0 Å². The molecule has 2 aliphatic rings. The van der Waals surface area contributed by atoms with Gasteiger partial charge in [-0.2, -0.15) is 0 Å². The van der Waals surface area contributed by atoms with E-state index in [-0.39, 0.29) is 0 Å². The second-order valence-electron chi connectivity index (χ2n) is 8.97. The van der Waals surface area contributed by atoms with Crippen LogP contribution in [0.5, 0.6) is 5.75 Å². The summed E-state index contributed by atoms with van der Waals surface area (Å²) in [5.74, 6) is 2.94. The molecule has 6 rings (SSSR count). The van der Waals surface area contributed by atoms with E-state index in [1.54, 1.807) is 0 Å². The molecule has 0 atom stereocenters. The number of aryl methyl sites for hydroxylation is 2. The maximum absolute atomic E-state index is 6.24. The van der Waals surface area contributed by atoms with E-state index in [1.165, 1.54) is 27.9 Å². The molecule has 5 nitrogen and oxygen atoms in total. The molecule has 0 fully saturated rings. The number of imidazole rings is 2. The third-order valence-electron chi connectivity index (χ3n) is 6.74. The molecule has 0 amide bonds. The van der Waals surface area contributed by atoms with Crippen molar-refractivity contribution in [2.75, 3.05) is 0 Å². The first kappa shape index (κ1) is 20.7. The Morgan fingerprint density at radius 3 is 2.56 bits per heavy atom. The van der Waals surface area contributed by atoms with Crippen LogP contribution in [-0.2, 0) is 32.3 Å². The molecule has 4 aromatic rings. The molecular weight excluding hydrogens is 420 g/mol. The van der Waals surface area contributed by atoms with Crippen molar-refractivity contribution in [3.05, 3.63) is 89.3 Å². The average molecular weight is 449 g/mol. The number of nitrogens with zero attached hydrogens (tertiary/aromatic N) is 2. The molecule has 0 bridgehead atoms. The van der Waals surface area contributed by atoms with Crippen molar-refractivity contribution in [3.63, 3.8) is 0 Å². The predicted molar refractivity (Wildman–Crippen MR) is 136 cm³/mol. The fraction of sp³-hybridized carbons (Fsp3) is 0.241. The van der Waals surface area contributed by atoms with Gasteiger partial charge in [-0.25, -0.2) is 9.97 Å². The van der Waals surface area contributed by atoms with Gasteiger partial charge in [0.1, 0.15) is 24.0 Å². The number of aromatic amines is 2. The molecule has 0 radical (unpaired) electrons. The average Bonchev–Trinajstić information content (AvgIpc) is 3.52. The molecule has 34 heavy (non-hydrogen) atoms. The molecule has 1 aliphatic carbocycles. The number of H-pyrrole nitrogens is 2. The largest absolute Gasteiger partial charge is 0.488 e. The Labute approximate surface area is 199 Å². The van der Waals surface area contributed by atoms with Gasteiger partial charge >= 0.3 is 0 Å². The summed E-state index contributed by atoms with van der Waals surface area (Å²) in [5, 5.41) is 0. The van der Waals surface area contributed by atoms with Gasteiger partial charge in [-0.15, -0.1) is 0 Å². The highest BCUT2D eigenvalue weighted by molar-refractivity contribution is 5.83. The fourth-order valence-electron chi connectivity index (χ4n) is 4.97. The molecule has 0 spiro atoms. The minimum Gasteiger partial charge on any atom is -0.488 e. The van der Waals surface area contributed by atoms with Crippen molar-refractivity contribution >= 4 is 0 Å². The smallest absolute Gasteiger partial charge is 0.128 e. The Bertz CT molecular complexity index is 1440. The number of fused-ring (bicyclic) bond motifs is 6. The van der Waals surface area contributed by atoms with Crippen LogP contribution in [0, 0.1) is 0 Å². The number of ether oxygens (including phenoxy) is 1. The molecule has 2 N–H and O–H groups in total. The zero-order chi connectivity index (χ0) is 23.1. The Kier molecular flexibility index (Phi) is 5.17. The third kappa shape index (κ3) is 3.58. The van der Waals surface area contributed by atoms with Gasteiger partial charge in [0, 0.05) is 35.2 Å². The summed E-state index contributed by atoms with van der Waals surface area (Å²) >= 11 is 0. The van der Waals surface area contributed by atoms with E-state index in [2.05, 4.69) is 63.5 Å². The summed E-state index contributed by atoms with van der Waals surface area (Å²) in [6.07, 6.45) is 13.9. The number of hydrogen-bond acceptors (Lipinski definition) is 3. The minimum absolute atomic E-state index is 0.569. The van der Waals surface area contributed by atoms with Gasteiger partial charge in [-0.3, -0.25) is 0 Å². The van der Waals surface area contributed by atoms with Crippen molar-refractivity contribution in [3.8, 4) is 39.4 Å². The molecule has 1 aliphatic heterocycles. The topological polar surface area (TPSA) is 66.6 Å². The zero-order valence-electron chi connectivity index (χ0n) is 19.6. The molecule has 170 valence electrons. The van der Waals surface area contributed by atoms with Crippen LogP contribution < -0.4 is 4.74 Å². The predicted octanol–water partition coefficient (Wildman–Crippen LogP) is 6.36. The first-order valence-corrected chi connectivity index (χ1v) is 12.0. The first-order valence-electron chi connectivity index (χ1n) is 12.0. The van der Waals surface area contributed by atoms with E-state index in [9.17, 15) is 0 Å². The quantitative estimate of drug-likeness (QED) is 0.349. The molecule has 5 heteroatoms. The normalized spacial score (nSPS) is 14.1. The summed E-state index contributed by atoms with van der Waals surface area (Å²) in [6.45, 7) is 4.64. The van der Waals surface area contributed by atoms with Gasteiger partial charge in [0.05, 0.1) is 17.6 Å². The second kappa shape index (κ2) is 8.49. The zero-order valence-corrected chi connectivity index (χ0v) is 19.6. The van der Waals surface area contributed by atoms with Crippen LogP contribution >= 0.6 is 0 Å². The standard InChI is InChI=1S/C29H28N4O/c1-3-5-7-27-30-16-25(32-27)19-9-11-21-22-13-18-10-12-24-29(33-28(31-24)8-6-4-2)23(18)14-20(22)17-34-26(21)15-19/h3-6,9,11,13-16H,7-8,10,12,17H2,1-2H3,(H,30,32)(H,31,33). The Morgan fingerprint density at radius 1 is 0.882 bits per heavy atom. The number of nitrogens with one attached hydrogen (secondary N) is 2. The van der Waals surface area contributed by atoms with E-state index in [1.807, 2.05) is 26.1 Å². The van der Waals surface area contributed by atoms with Gasteiger partial charge < -0.3 is 14.7 Å². The first-order chi connectivity index (χ1) is 16.7. The van der Waals surface area contributed by atoms with Crippen molar-refractivity contribution in [1.82, 2.24) is 19.9 Å². The number of benzene rings is 2. The lowest BCUT2D eigenvalue weighted by Gasteiger charge is -2.25. The Balaban J connectivity index is 1.34. The van der Waals surface area contributed by atoms with Gasteiger partial charge in [-0.1, -0.05) is 30.4 Å². The van der Waals surface area contributed by atoms with Crippen LogP contribution in [-0.4, -0.2) is 19.9 Å². The molecule has 0 unspecified atom stereocenters. The summed E-state index contributed by atoms with van der Waals surface area (Å²) in [7, 11) is 0. The third-order valence-corrected chi connectivity index (χ3v) is 6.74. The van der Waals surface area contributed by atoms with Crippen LogP contribution in [0.1, 0.15) is 42.3 Å². The van der Waals surface area contributed by atoms with Gasteiger partial charge in [0.25, 0.3) is 0 Å². The summed E-state index contributed by atoms with van der Waals surface area (Å²) in [6, 6.07) is 11.1. The highest BCUT2D eigenvalue weighted by Crippen LogP contribution is 2.43. The Hall–Kier alpha value is -3.86. The second-order valence-corrected chi connectivity index (χ2v) is 8.97. The van der Waals surface area contributed by atoms with E-state index >= 15 is 0 Å². The maximum Gasteiger partial charge on any atom is 0.128 e. The van der Waals surface area contributed by atoms with E-state index in [4.69, 9.17) is 9.72 Å². The van der Waals surface area contributed by atoms with E-state index in [0.717, 1.165) is 65.6 Å². The van der Waals surface area contributed by atoms with Gasteiger partial charge in [0.15, 0.2) is 0 Å². The maximum atomic E-state index is 6.24. The van der Waals surface area contributed by atoms with E-state index in [0.29, 0.717) is 6.61 Å².